The van der Waals surface area contributed by atoms with Gasteiger partial charge in [0.1, 0.15) is 0 Å². The van der Waals surface area contributed by atoms with Gasteiger partial charge in [-0.2, -0.15) is 0 Å². The van der Waals surface area contributed by atoms with Gasteiger partial charge < -0.3 is 24.8 Å². The zero-order valence-corrected chi connectivity index (χ0v) is 32.7. The fraction of sp³-hybridized carbons (Fsp3) is 0.326. The Hall–Kier alpha value is -2.31. The summed E-state index contributed by atoms with van der Waals surface area (Å²) in [6.45, 7) is 18.7. The molecule has 0 saturated carbocycles. The number of allylic oxidation sites excluding steroid dienone is 8. The topological polar surface area (TPSA) is 0 Å². The van der Waals surface area contributed by atoms with Crippen molar-refractivity contribution < 1.29 is 49.0 Å². The molecule has 1 atom stereocenters. The maximum absolute atomic E-state index is 3.93. The Kier molecular flexibility index (Phi) is 12.7. The van der Waals surface area contributed by atoms with Crippen molar-refractivity contribution in [1.29, 1.82) is 0 Å². The van der Waals surface area contributed by atoms with Gasteiger partial charge in [0.2, 0.25) is 0 Å². The van der Waals surface area contributed by atoms with E-state index in [1.165, 1.54) is 82.4 Å². The molecule has 6 rings (SSSR count). The normalized spacial score (nSPS) is 18.0. The Morgan fingerprint density at radius 2 is 1.43 bits per heavy atom. The predicted molar refractivity (Wildman–Crippen MR) is 187 cm³/mol. The molecule has 0 saturated heterocycles. The second-order valence-electron chi connectivity index (χ2n) is 14.3. The molecule has 0 amide bonds. The number of benzene rings is 3. The molecule has 238 valence electrons. The van der Waals surface area contributed by atoms with E-state index in [4.69, 9.17) is 0 Å². The van der Waals surface area contributed by atoms with Crippen LogP contribution < -0.4 is 35.3 Å². The first-order chi connectivity index (χ1) is 20.9. The van der Waals surface area contributed by atoms with Crippen molar-refractivity contribution >= 4 is 14.9 Å². The van der Waals surface area contributed by atoms with Gasteiger partial charge in [-0.25, -0.2) is 0 Å². The van der Waals surface area contributed by atoms with Gasteiger partial charge in [-0.1, -0.05) is 114 Å². The first-order valence-corrected chi connectivity index (χ1v) is 17.5. The van der Waals surface area contributed by atoms with E-state index in [2.05, 4.69) is 165 Å². The summed E-state index contributed by atoms with van der Waals surface area (Å²) in [5.41, 5.74) is 11.5. The predicted octanol–water partition coefficient (Wildman–Crippen LogP) is 3.37. The summed E-state index contributed by atoms with van der Waals surface area (Å²) in [5.74, 6) is 0. The van der Waals surface area contributed by atoms with Gasteiger partial charge >= 0.3 is 99.2 Å². The second kappa shape index (κ2) is 15.3. The molecule has 0 heterocycles. The number of hydrogen-bond donors (Lipinski definition) is 0. The monoisotopic (exact) mass is 723 g/mol. The number of fused-ring (bicyclic) bond motifs is 2. The minimum absolute atomic E-state index is 0. The summed E-state index contributed by atoms with van der Waals surface area (Å²) in [6.07, 6.45) is 18.9. The molecule has 0 aromatic heterocycles. The van der Waals surface area contributed by atoms with Gasteiger partial charge in [0.25, 0.3) is 0 Å². The summed E-state index contributed by atoms with van der Waals surface area (Å²) >= 11 is 1.46. The molecule has 0 spiro atoms. The van der Waals surface area contributed by atoms with E-state index in [1.54, 1.807) is 0 Å². The average molecular weight is 726 g/mol. The van der Waals surface area contributed by atoms with Gasteiger partial charge in [-0.05, 0) is 35.5 Å². The molecule has 0 nitrogen and oxygen atoms in total. The Morgan fingerprint density at radius 3 is 1.89 bits per heavy atom. The molecule has 3 aliphatic rings. The van der Waals surface area contributed by atoms with E-state index >= 15 is 0 Å². The van der Waals surface area contributed by atoms with Crippen LogP contribution in [-0.2, 0) is 36.1 Å². The van der Waals surface area contributed by atoms with Gasteiger partial charge in [0, 0.05) is 0 Å². The molecular weight excluding hydrogens is 679 g/mol. The average Bonchev–Trinajstić information content (AvgIpc) is 3.68. The van der Waals surface area contributed by atoms with Crippen LogP contribution in [0.1, 0.15) is 90.5 Å². The summed E-state index contributed by atoms with van der Waals surface area (Å²) in [4.78, 5) is 0. The van der Waals surface area contributed by atoms with Gasteiger partial charge in [-0.3, -0.25) is 0 Å². The molecule has 0 radical (unpaired) electrons. The molecule has 1 unspecified atom stereocenters. The van der Waals surface area contributed by atoms with Crippen LogP contribution in [0.3, 0.4) is 0 Å². The number of aryl methyl sites for hydroxylation is 1. The van der Waals surface area contributed by atoms with E-state index in [0.29, 0.717) is 0 Å². The van der Waals surface area contributed by atoms with Gasteiger partial charge in [0.05, 0.1) is 0 Å². The Bertz CT molecular complexity index is 1770. The minimum atomic E-state index is 0. The summed E-state index contributed by atoms with van der Waals surface area (Å²) in [5, 5.41) is 2.71. The van der Waals surface area contributed by atoms with Crippen LogP contribution in [0.5, 0.6) is 0 Å². The van der Waals surface area contributed by atoms with Gasteiger partial charge in [0.15, 0.2) is 0 Å². The van der Waals surface area contributed by atoms with E-state index in [-0.39, 0.29) is 41.1 Å². The summed E-state index contributed by atoms with van der Waals surface area (Å²) in [7, 11) is 0. The SMILES string of the molecule is CCc1cc(C(C)(C)C)cc2c1=C1C=CC(CC)(C(C)(C)C)C(C3=CC=CC3)=C1[C-]=2.[Cl-].[Cl-].[Zr+2]=[C](c1ccccc1)c1ccccc1. The van der Waals surface area contributed by atoms with E-state index in [1.807, 2.05) is 0 Å². The third-order valence-corrected chi connectivity index (χ3v) is 11.0. The Balaban J connectivity index is 0.000000304. The molecule has 3 aromatic rings. The van der Waals surface area contributed by atoms with Gasteiger partial charge in [-0.15, -0.1) is 33.7 Å². The molecule has 0 aliphatic heterocycles. The van der Waals surface area contributed by atoms with Crippen LogP contribution in [0.15, 0.2) is 120 Å². The van der Waals surface area contributed by atoms with Crippen LogP contribution >= 0.6 is 0 Å². The fourth-order valence-electron chi connectivity index (χ4n) is 6.96. The van der Waals surface area contributed by atoms with Crippen LogP contribution in [-0.4, -0.2) is 3.21 Å². The van der Waals surface area contributed by atoms with E-state index < -0.39 is 0 Å². The molecule has 3 heteroatoms. The number of rotatable bonds is 5. The Morgan fingerprint density at radius 1 is 0.848 bits per heavy atom. The van der Waals surface area contributed by atoms with E-state index in [9.17, 15) is 0 Å². The third kappa shape index (κ3) is 7.38. The number of hydrogen-bond acceptors (Lipinski definition) is 0. The summed E-state index contributed by atoms with van der Waals surface area (Å²) < 4.78 is 1.42. The van der Waals surface area contributed by atoms with Crippen LogP contribution in [0.4, 0.5) is 0 Å². The molecule has 3 aliphatic carbocycles. The van der Waals surface area contributed by atoms with E-state index in [0.717, 1.165) is 19.3 Å². The first kappa shape index (κ1) is 38.1. The molecule has 0 bridgehead atoms. The first-order valence-electron chi connectivity index (χ1n) is 16.2. The molecule has 0 N–H and O–H groups in total. The van der Waals surface area contributed by atoms with Crippen molar-refractivity contribution in [3.05, 3.63) is 153 Å². The van der Waals surface area contributed by atoms with Crippen molar-refractivity contribution in [2.75, 3.05) is 0 Å². The molecule has 46 heavy (non-hydrogen) atoms. The van der Waals surface area contributed by atoms with Crippen molar-refractivity contribution in [3.8, 4) is 0 Å². The van der Waals surface area contributed by atoms with Crippen molar-refractivity contribution in [2.45, 2.75) is 80.1 Å². The van der Waals surface area contributed by atoms with Crippen molar-refractivity contribution in [2.24, 2.45) is 10.8 Å². The molecule has 0 fully saturated rings. The fourth-order valence-corrected chi connectivity index (χ4v) is 7.78. The van der Waals surface area contributed by atoms with Crippen LogP contribution in [0, 0.1) is 10.8 Å². The standard InChI is InChI=1S/C30H37.C13H10.2ClH.Zr/c1-9-20-17-23(28(3,4)5)18-22-19-25-24(26(20)22)15-16-30(10-2,29(6,7)8)27(25)21-13-11-12-14-21;1-3-7-12(8-4-1)11-13-9-5-2-6-10-13;;;/h11-13,15-18H,9-10,14H2,1-8H3;1-10H;2*1H;/q-1;;;;+2/p-2. The number of halogens is 2. The third-order valence-electron chi connectivity index (χ3n) is 9.61. The van der Waals surface area contributed by atoms with Crippen LogP contribution in [0.2, 0.25) is 0 Å². The van der Waals surface area contributed by atoms with Crippen LogP contribution in [0.25, 0.3) is 11.6 Å². The van der Waals surface area contributed by atoms with Crippen molar-refractivity contribution in [1.82, 2.24) is 0 Å². The second-order valence-corrected chi connectivity index (χ2v) is 15.5. The zero-order chi connectivity index (χ0) is 31.7. The maximum atomic E-state index is 3.93. The molecular formula is C43H47Cl2Zr-. The molecule has 3 aromatic carbocycles. The Labute approximate surface area is 305 Å². The zero-order valence-electron chi connectivity index (χ0n) is 28.7. The van der Waals surface area contributed by atoms with Crippen molar-refractivity contribution in [3.63, 3.8) is 0 Å². The quantitative estimate of drug-likeness (QED) is 0.355. The summed E-state index contributed by atoms with van der Waals surface area (Å²) in [6, 6.07) is 25.9.